The van der Waals surface area contributed by atoms with E-state index in [1.165, 1.54) is 5.56 Å². The lowest BCUT2D eigenvalue weighted by Crippen LogP contribution is -1.85. The summed E-state index contributed by atoms with van der Waals surface area (Å²) in [6.07, 6.45) is 0. The fourth-order valence-electron chi connectivity index (χ4n) is 1.28. The van der Waals surface area contributed by atoms with Gasteiger partial charge >= 0.3 is 0 Å². The number of imidazole rings is 1. The molecule has 2 rings (SSSR count). The number of rotatable bonds is 0. The number of aromatic nitrogens is 2. The second kappa shape index (κ2) is 2.49. The zero-order valence-corrected chi connectivity index (χ0v) is 7.76. The Balaban J connectivity index is 2.87. The van der Waals surface area contributed by atoms with Crippen molar-refractivity contribution in [2.24, 2.45) is 7.05 Å². The van der Waals surface area contributed by atoms with Crippen LogP contribution in [0.2, 0.25) is 5.28 Å². The van der Waals surface area contributed by atoms with Crippen LogP contribution in [0, 0.1) is 6.92 Å². The van der Waals surface area contributed by atoms with Gasteiger partial charge in [0.15, 0.2) is 0 Å². The quantitative estimate of drug-likeness (QED) is 0.609. The first-order valence-electron chi connectivity index (χ1n) is 3.77. The molecule has 0 aliphatic carbocycles. The van der Waals surface area contributed by atoms with Crippen LogP contribution >= 0.6 is 11.6 Å². The highest BCUT2D eigenvalue weighted by Crippen LogP contribution is 2.18. The number of nitrogens with zero attached hydrogens (tertiary/aromatic N) is 2. The molecule has 1 heterocycles. The average molecular weight is 181 g/mol. The summed E-state index contributed by atoms with van der Waals surface area (Å²) in [5.74, 6) is 0. The molecule has 0 spiro atoms. The molecule has 0 amide bonds. The lowest BCUT2D eigenvalue weighted by atomic mass is 10.2. The van der Waals surface area contributed by atoms with E-state index in [1.807, 2.05) is 30.7 Å². The van der Waals surface area contributed by atoms with Gasteiger partial charge < -0.3 is 4.57 Å². The summed E-state index contributed by atoms with van der Waals surface area (Å²) >= 11 is 5.86. The molecule has 0 bridgehead atoms. The van der Waals surface area contributed by atoms with Gasteiger partial charge in [-0.25, -0.2) is 4.98 Å². The second-order valence-corrected chi connectivity index (χ2v) is 3.27. The minimum atomic E-state index is 0.538. The summed E-state index contributed by atoms with van der Waals surface area (Å²) in [5, 5.41) is 0.538. The topological polar surface area (TPSA) is 17.8 Å². The lowest BCUT2D eigenvalue weighted by Gasteiger charge is -1.94. The molecule has 2 aromatic rings. The van der Waals surface area contributed by atoms with Gasteiger partial charge in [-0.1, -0.05) is 6.07 Å². The molecule has 62 valence electrons. The smallest absolute Gasteiger partial charge is 0.203 e. The lowest BCUT2D eigenvalue weighted by molar-refractivity contribution is 0.949. The van der Waals surface area contributed by atoms with Crippen molar-refractivity contribution in [1.82, 2.24) is 9.55 Å². The van der Waals surface area contributed by atoms with Gasteiger partial charge in [-0.15, -0.1) is 0 Å². The van der Waals surface area contributed by atoms with E-state index in [-0.39, 0.29) is 0 Å². The van der Waals surface area contributed by atoms with Crippen LogP contribution in [-0.4, -0.2) is 9.55 Å². The van der Waals surface area contributed by atoms with E-state index in [9.17, 15) is 0 Å². The number of hydrogen-bond donors (Lipinski definition) is 0. The van der Waals surface area contributed by atoms with Crippen LogP contribution in [0.3, 0.4) is 0 Å². The van der Waals surface area contributed by atoms with Gasteiger partial charge in [-0.3, -0.25) is 0 Å². The maximum Gasteiger partial charge on any atom is 0.203 e. The summed E-state index contributed by atoms with van der Waals surface area (Å²) in [4.78, 5) is 4.20. The van der Waals surface area contributed by atoms with Gasteiger partial charge in [0.25, 0.3) is 0 Å². The van der Waals surface area contributed by atoms with E-state index in [0.29, 0.717) is 5.28 Å². The van der Waals surface area contributed by atoms with E-state index in [1.54, 1.807) is 0 Å². The van der Waals surface area contributed by atoms with Gasteiger partial charge in [-0.2, -0.15) is 0 Å². The molecule has 1 aromatic heterocycles. The largest absolute Gasteiger partial charge is 0.318 e. The third-order valence-corrected chi connectivity index (χ3v) is 2.32. The van der Waals surface area contributed by atoms with E-state index >= 15 is 0 Å². The Bertz CT molecular complexity index is 431. The summed E-state index contributed by atoms with van der Waals surface area (Å²) < 4.78 is 1.87. The van der Waals surface area contributed by atoms with Crippen LogP contribution < -0.4 is 0 Å². The zero-order valence-electron chi connectivity index (χ0n) is 7.00. The molecule has 0 N–H and O–H groups in total. The third-order valence-electron chi connectivity index (χ3n) is 1.98. The summed E-state index contributed by atoms with van der Waals surface area (Å²) in [5.41, 5.74) is 3.24. The monoisotopic (exact) mass is 180 g/mol. The summed E-state index contributed by atoms with van der Waals surface area (Å²) in [6, 6.07) is 6.12. The molecule has 12 heavy (non-hydrogen) atoms. The number of hydrogen-bond acceptors (Lipinski definition) is 1. The normalized spacial score (nSPS) is 10.9. The highest BCUT2D eigenvalue weighted by molar-refractivity contribution is 6.29. The first kappa shape index (κ1) is 7.62. The van der Waals surface area contributed by atoms with E-state index in [0.717, 1.165) is 11.0 Å². The van der Waals surface area contributed by atoms with Crippen molar-refractivity contribution < 1.29 is 0 Å². The highest BCUT2D eigenvalue weighted by atomic mass is 35.5. The van der Waals surface area contributed by atoms with Crippen molar-refractivity contribution in [3.05, 3.63) is 29.0 Å². The van der Waals surface area contributed by atoms with Gasteiger partial charge in [0.05, 0.1) is 11.0 Å². The number of halogens is 1. The zero-order chi connectivity index (χ0) is 8.72. The maximum atomic E-state index is 5.86. The highest BCUT2D eigenvalue weighted by Gasteiger charge is 2.03. The molecule has 2 nitrogen and oxygen atoms in total. The third kappa shape index (κ3) is 0.994. The van der Waals surface area contributed by atoms with Gasteiger partial charge in [0, 0.05) is 7.05 Å². The van der Waals surface area contributed by atoms with Crippen molar-refractivity contribution in [3.63, 3.8) is 0 Å². The average Bonchev–Trinajstić information content (AvgIpc) is 2.28. The maximum absolute atomic E-state index is 5.86. The van der Waals surface area contributed by atoms with Crippen LogP contribution in [0.4, 0.5) is 0 Å². The van der Waals surface area contributed by atoms with Crippen molar-refractivity contribution in [2.45, 2.75) is 6.92 Å². The van der Waals surface area contributed by atoms with Crippen molar-refractivity contribution >= 4 is 22.6 Å². The SMILES string of the molecule is Cc1ccc2c(c1)nc(Cl)n2C. The standard InChI is InChI=1S/C9H9ClN2/c1-6-3-4-8-7(5-6)11-9(10)12(8)2/h3-5H,1-2H3. The minimum Gasteiger partial charge on any atom is -0.318 e. The predicted octanol–water partition coefficient (Wildman–Crippen LogP) is 2.54. The van der Waals surface area contributed by atoms with Gasteiger partial charge in [-0.05, 0) is 36.2 Å². The van der Waals surface area contributed by atoms with E-state index in [4.69, 9.17) is 11.6 Å². The Labute approximate surface area is 75.8 Å². The molecule has 0 radical (unpaired) electrons. The number of aryl methyl sites for hydroxylation is 2. The minimum absolute atomic E-state index is 0.538. The van der Waals surface area contributed by atoms with Crippen LogP contribution in [-0.2, 0) is 7.05 Å². The molecular formula is C9H9ClN2. The predicted molar refractivity (Wildman–Crippen MR) is 50.5 cm³/mol. The van der Waals surface area contributed by atoms with E-state index < -0.39 is 0 Å². The Kier molecular flexibility index (Phi) is 1.58. The van der Waals surface area contributed by atoms with Crippen LogP contribution in [0.1, 0.15) is 5.56 Å². The molecule has 0 saturated heterocycles. The van der Waals surface area contributed by atoms with Crippen LogP contribution in [0.25, 0.3) is 11.0 Å². The van der Waals surface area contributed by atoms with Crippen LogP contribution in [0.15, 0.2) is 18.2 Å². The van der Waals surface area contributed by atoms with Crippen molar-refractivity contribution in [1.29, 1.82) is 0 Å². The Morgan fingerprint density at radius 2 is 2.17 bits per heavy atom. The van der Waals surface area contributed by atoms with Crippen molar-refractivity contribution in [2.75, 3.05) is 0 Å². The molecule has 0 aliphatic rings. The summed E-state index contributed by atoms with van der Waals surface area (Å²) in [6.45, 7) is 2.04. The van der Waals surface area contributed by atoms with Crippen molar-refractivity contribution in [3.8, 4) is 0 Å². The van der Waals surface area contributed by atoms with Gasteiger partial charge in [0.2, 0.25) is 5.28 Å². The molecular weight excluding hydrogens is 172 g/mol. The Morgan fingerprint density at radius 3 is 2.92 bits per heavy atom. The molecule has 0 fully saturated rings. The Morgan fingerprint density at radius 1 is 1.42 bits per heavy atom. The first-order chi connectivity index (χ1) is 5.68. The number of fused-ring (bicyclic) bond motifs is 1. The number of benzene rings is 1. The van der Waals surface area contributed by atoms with Crippen LogP contribution in [0.5, 0.6) is 0 Å². The molecule has 3 heteroatoms. The summed E-state index contributed by atoms with van der Waals surface area (Å²) in [7, 11) is 1.91. The molecule has 0 aliphatic heterocycles. The molecule has 0 saturated carbocycles. The second-order valence-electron chi connectivity index (χ2n) is 2.93. The van der Waals surface area contributed by atoms with E-state index in [2.05, 4.69) is 11.1 Å². The molecule has 1 aromatic carbocycles. The fourth-order valence-corrected chi connectivity index (χ4v) is 1.46. The Hall–Kier alpha value is -1.02. The molecule has 0 atom stereocenters. The fraction of sp³-hybridized carbons (Fsp3) is 0.222. The first-order valence-corrected chi connectivity index (χ1v) is 4.15. The van der Waals surface area contributed by atoms with Gasteiger partial charge in [0.1, 0.15) is 0 Å². The molecule has 0 unspecified atom stereocenters.